The smallest absolute Gasteiger partial charge is 0.189 e. The van der Waals surface area contributed by atoms with Crippen molar-refractivity contribution in [2.45, 2.75) is 13.3 Å². The zero-order valence-electron chi connectivity index (χ0n) is 11.8. The summed E-state index contributed by atoms with van der Waals surface area (Å²) in [7, 11) is 0. The number of ether oxygens (including phenoxy) is 1. The summed E-state index contributed by atoms with van der Waals surface area (Å²) in [6.07, 6.45) is 2.52. The summed E-state index contributed by atoms with van der Waals surface area (Å²) < 4.78 is 5.37. The highest BCUT2D eigenvalue weighted by Gasteiger charge is 2.23. The van der Waals surface area contributed by atoms with Gasteiger partial charge in [0.05, 0.1) is 6.61 Å². The molecule has 3 nitrogen and oxygen atoms in total. The Bertz CT molecular complexity index is 729. The van der Waals surface area contributed by atoms with Crippen molar-refractivity contribution in [2.75, 3.05) is 6.61 Å². The van der Waals surface area contributed by atoms with Crippen molar-refractivity contribution >= 4 is 11.9 Å². The highest BCUT2D eigenvalue weighted by Crippen LogP contribution is 2.31. The number of allylic oxidation sites excluding steroid dienone is 1. The summed E-state index contributed by atoms with van der Waals surface area (Å²) in [5, 5.41) is 9.71. The van der Waals surface area contributed by atoms with Crippen molar-refractivity contribution in [3.05, 3.63) is 64.7 Å². The lowest BCUT2D eigenvalue weighted by molar-refractivity contribution is 0.104. The lowest BCUT2D eigenvalue weighted by Crippen LogP contribution is -1.95. The summed E-state index contributed by atoms with van der Waals surface area (Å²) in [5.41, 5.74) is 3.47. The second-order valence-electron chi connectivity index (χ2n) is 4.99. The van der Waals surface area contributed by atoms with Gasteiger partial charge in [-0.1, -0.05) is 30.3 Å². The fourth-order valence-corrected chi connectivity index (χ4v) is 2.56. The minimum Gasteiger partial charge on any atom is -0.504 e. The quantitative estimate of drug-likeness (QED) is 0.874. The predicted octanol–water partition coefficient (Wildman–Crippen LogP) is 3.61. The highest BCUT2D eigenvalue weighted by molar-refractivity contribution is 6.15. The van der Waals surface area contributed by atoms with E-state index in [9.17, 15) is 9.90 Å². The fourth-order valence-electron chi connectivity index (χ4n) is 2.56. The van der Waals surface area contributed by atoms with E-state index >= 15 is 0 Å². The van der Waals surface area contributed by atoms with Gasteiger partial charge in [-0.2, -0.15) is 0 Å². The standard InChI is InChI=1S/C18H16O3/c1-2-21-17-10-12(7-8-16(17)19)9-14-11-13-5-3-4-6-15(13)18(14)20/h3-10,19H,2,11H2,1H3. The molecule has 1 aliphatic carbocycles. The lowest BCUT2D eigenvalue weighted by Gasteiger charge is -2.06. The summed E-state index contributed by atoms with van der Waals surface area (Å²) >= 11 is 0. The Morgan fingerprint density at radius 1 is 1.24 bits per heavy atom. The topological polar surface area (TPSA) is 46.5 Å². The molecule has 0 radical (unpaired) electrons. The van der Waals surface area contributed by atoms with Crippen LogP contribution in [0.4, 0.5) is 0 Å². The van der Waals surface area contributed by atoms with Crippen LogP contribution in [-0.2, 0) is 6.42 Å². The molecule has 2 aromatic rings. The van der Waals surface area contributed by atoms with Crippen molar-refractivity contribution < 1.29 is 14.6 Å². The van der Waals surface area contributed by atoms with Crippen LogP contribution in [0, 0.1) is 0 Å². The molecule has 0 saturated carbocycles. The molecule has 0 heterocycles. The number of ketones is 1. The maximum absolute atomic E-state index is 12.3. The first kappa shape index (κ1) is 13.4. The van der Waals surface area contributed by atoms with Gasteiger partial charge < -0.3 is 9.84 Å². The number of hydrogen-bond acceptors (Lipinski definition) is 3. The molecule has 0 atom stereocenters. The van der Waals surface area contributed by atoms with E-state index < -0.39 is 0 Å². The van der Waals surface area contributed by atoms with Gasteiger partial charge in [-0.05, 0) is 36.3 Å². The highest BCUT2D eigenvalue weighted by atomic mass is 16.5. The molecular formula is C18H16O3. The largest absolute Gasteiger partial charge is 0.504 e. The van der Waals surface area contributed by atoms with Crippen molar-refractivity contribution in [1.82, 2.24) is 0 Å². The first-order chi connectivity index (χ1) is 10.2. The summed E-state index contributed by atoms with van der Waals surface area (Å²) in [4.78, 5) is 12.3. The van der Waals surface area contributed by atoms with Gasteiger partial charge >= 0.3 is 0 Å². The van der Waals surface area contributed by atoms with Gasteiger partial charge in [0.15, 0.2) is 17.3 Å². The van der Waals surface area contributed by atoms with Crippen LogP contribution in [0.15, 0.2) is 48.0 Å². The number of fused-ring (bicyclic) bond motifs is 1. The van der Waals surface area contributed by atoms with Crippen LogP contribution in [0.1, 0.15) is 28.4 Å². The Hall–Kier alpha value is -2.55. The molecule has 0 fully saturated rings. The average Bonchev–Trinajstić information content (AvgIpc) is 2.80. The molecule has 0 saturated heterocycles. The number of Topliss-reactive ketones (excluding diaryl/α,β-unsaturated/α-hetero) is 1. The molecular weight excluding hydrogens is 264 g/mol. The molecule has 1 aliphatic rings. The number of phenolic OH excluding ortho intramolecular Hbond substituents is 1. The molecule has 0 bridgehead atoms. The second kappa shape index (κ2) is 5.44. The molecule has 0 aromatic heterocycles. The number of carbonyl (C=O) groups is 1. The zero-order valence-corrected chi connectivity index (χ0v) is 11.8. The van der Waals surface area contributed by atoms with Gasteiger partial charge in [-0.3, -0.25) is 4.79 Å². The summed E-state index contributed by atoms with van der Waals surface area (Å²) in [5.74, 6) is 0.631. The molecule has 0 spiro atoms. The van der Waals surface area contributed by atoms with Crippen molar-refractivity contribution in [1.29, 1.82) is 0 Å². The molecule has 3 rings (SSSR count). The van der Waals surface area contributed by atoms with Crippen molar-refractivity contribution in [2.24, 2.45) is 0 Å². The van der Waals surface area contributed by atoms with Crippen LogP contribution >= 0.6 is 0 Å². The van der Waals surface area contributed by atoms with Crippen LogP contribution in [0.3, 0.4) is 0 Å². The van der Waals surface area contributed by atoms with E-state index in [4.69, 9.17) is 4.74 Å². The molecule has 3 heteroatoms. The maximum atomic E-state index is 12.3. The predicted molar refractivity (Wildman–Crippen MR) is 81.7 cm³/mol. The van der Waals surface area contributed by atoms with Crippen LogP contribution in [0.5, 0.6) is 11.5 Å². The molecule has 0 aliphatic heterocycles. The van der Waals surface area contributed by atoms with Crippen LogP contribution < -0.4 is 4.74 Å². The third-order valence-corrected chi connectivity index (χ3v) is 3.56. The first-order valence-corrected chi connectivity index (χ1v) is 6.98. The van der Waals surface area contributed by atoms with E-state index in [-0.39, 0.29) is 11.5 Å². The zero-order chi connectivity index (χ0) is 14.8. The van der Waals surface area contributed by atoms with Gasteiger partial charge in [0, 0.05) is 17.6 Å². The van der Waals surface area contributed by atoms with E-state index in [1.54, 1.807) is 18.2 Å². The molecule has 2 aromatic carbocycles. The van der Waals surface area contributed by atoms with Gasteiger partial charge in [0.2, 0.25) is 0 Å². The Labute approximate surface area is 123 Å². The molecule has 0 unspecified atom stereocenters. The number of carbonyl (C=O) groups excluding carboxylic acids is 1. The summed E-state index contributed by atoms with van der Waals surface area (Å²) in [6, 6.07) is 12.8. The Balaban J connectivity index is 1.94. The van der Waals surface area contributed by atoms with Gasteiger partial charge in [-0.15, -0.1) is 0 Å². The number of benzene rings is 2. The van der Waals surface area contributed by atoms with Gasteiger partial charge in [-0.25, -0.2) is 0 Å². The summed E-state index contributed by atoms with van der Waals surface area (Å²) in [6.45, 7) is 2.35. The van der Waals surface area contributed by atoms with E-state index in [1.165, 1.54) is 0 Å². The van der Waals surface area contributed by atoms with E-state index in [1.807, 2.05) is 37.3 Å². The van der Waals surface area contributed by atoms with E-state index in [0.717, 1.165) is 22.3 Å². The molecule has 0 amide bonds. The number of aromatic hydroxyl groups is 1. The Morgan fingerprint density at radius 3 is 2.81 bits per heavy atom. The monoisotopic (exact) mass is 280 g/mol. The fraction of sp³-hybridized carbons (Fsp3) is 0.167. The Morgan fingerprint density at radius 2 is 2.05 bits per heavy atom. The van der Waals surface area contributed by atoms with Crippen molar-refractivity contribution in [3.63, 3.8) is 0 Å². The number of rotatable bonds is 3. The van der Waals surface area contributed by atoms with Crippen LogP contribution in [0.25, 0.3) is 6.08 Å². The number of hydrogen-bond donors (Lipinski definition) is 1. The Kier molecular flexibility index (Phi) is 3.48. The third-order valence-electron chi connectivity index (χ3n) is 3.56. The van der Waals surface area contributed by atoms with Gasteiger partial charge in [0.1, 0.15) is 0 Å². The van der Waals surface area contributed by atoms with E-state index in [2.05, 4.69) is 0 Å². The maximum Gasteiger partial charge on any atom is 0.189 e. The molecule has 1 N–H and O–H groups in total. The second-order valence-corrected chi connectivity index (χ2v) is 4.99. The van der Waals surface area contributed by atoms with Crippen molar-refractivity contribution in [3.8, 4) is 11.5 Å². The van der Waals surface area contributed by atoms with Crippen LogP contribution in [-0.4, -0.2) is 17.5 Å². The normalized spacial score (nSPS) is 15.3. The molecule has 21 heavy (non-hydrogen) atoms. The minimum atomic E-state index is 0.0802. The minimum absolute atomic E-state index is 0.0802. The third kappa shape index (κ3) is 2.55. The first-order valence-electron chi connectivity index (χ1n) is 6.98. The van der Waals surface area contributed by atoms with Crippen LogP contribution in [0.2, 0.25) is 0 Å². The average molecular weight is 280 g/mol. The SMILES string of the molecule is CCOc1cc(C=C2Cc3ccccc3C2=O)ccc1O. The van der Waals surface area contributed by atoms with E-state index in [0.29, 0.717) is 18.8 Å². The molecule has 106 valence electrons. The number of phenols is 1. The lowest BCUT2D eigenvalue weighted by atomic mass is 10.1. The van der Waals surface area contributed by atoms with Gasteiger partial charge in [0.25, 0.3) is 0 Å².